The van der Waals surface area contributed by atoms with E-state index in [9.17, 15) is 14.7 Å². The summed E-state index contributed by atoms with van der Waals surface area (Å²) in [4.78, 5) is 33.4. The molecule has 0 radical (unpaired) electrons. The lowest BCUT2D eigenvalue weighted by Crippen LogP contribution is -2.51. The monoisotopic (exact) mass is 480 g/mol. The Morgan fingerprint density at radius 1 is 1.13 bits per heavy atom. The molecule has 0 aliphatic heterocycles. The first-order valence-corrected chi connectivity index (χ1v) is 12.0. The molecule has 0 aromatic carbocycles. The van der Waals surface area contributed by atoms with Crippen LogP contribution in [0.3, 0.4) is 0 Å². The van der Waals surface area contributed by atoms with Gasteiger partial charge in [-0.3, -0.25) is 9.59 Å². The second-order valence-electron chi connectivity index (χ2n) is 9.21. The average Bonchev–Trinajstić information content (AvgIpc) is 3.17. The molecule has 0 spiro atoms. The van der Waals surface area contributed by atoms with Crippen molar-refractivity contribution < 1.29 is 14.7 Å². The minimum Gasteiger partial charge on any atom is -0.504 e. The van der Waals surface area contributed by atoms with E-state index in [1.54, 1.807) is 0 Å². The van der Waals surface area contributed by atoms with Crippen molar-refractivity contribution in [2.24, 2.45) is 23.2 Å². The van der Waals surface area contributed by atoms with Crippen molar-refractivity contribution in [3.63, 3.8) is 0 Å². The number of anilines is 1. The normalized spacial score (nSPS) is 28.5. The van der Waals surface area contributed by atoms with Crippen LogP contribution in [0, 0.1) is 23.2 Å². The van der Waals surface area contributed by atoms with Gasteiger partial charge < -0.3 is 15.7 Å². The topological polar surface area (TPSA) is 104 Å². The molecule has 7 nitrogen and oxygen atoms in total. The van der Waals surface area contributed by atoms with Crippen molar-refractivity contribution in [3.05, 3.63) is 33.1 Å². The number of pyridine rings is 1. The highest BCUT2D eigenvalue weighted by atomic mass is 35.5. The zero-order valence-corrected chi connectivity index (χ0v) is 19.0. The maximum absolute atomic E-state index is 12.9. The van der Waals surface area contributed by atoms with Crippen molar-refractivity contribution in [1.29, 1.82) is 0 Å². The van der Waals surface area contributed by atoms with Gasteiger partial charge in [0.05, 0.1) is 10.5 Å². The van der Waals surface area contributed by atoms with Gasteiger partial charge in [0.25, 0.3) is 11.8 Å². The third-order valence-electron chi connectivity index (χ3n) is 6.93. The van der Waals surface area contributed by atoms with Crippen LogP contribution >= 0.6 is 34.5 Å². The van der Waals surface area contributed by atoms with Crippen LogP contribution in [0.15, 0.2) is 11.6 Å². The van der Waals surface area contributed by atoms with Gasteiger partial charge in [-0.2, -0.15) is 0 Å². The van der Waals surface area contributed by atoms with E-state index in [1.807, 2.05) is 0 Å². The zero-order valence-electron chi connectivity index (χ0n) is 16.7. The molecule has 0 atom stereocenters. The molecule has 2 heterocycles. The summed E-state index contributed by atoms with van der Waals surface area (Å²) in [5.74, 6) is 1.17. The summed E-state index contributed by atoms with van der Waals surface area (Å²) >= 11 is 12.8. The Bertz CT molecular complexity index is 999. The number of hydrogen-bond donors (Lipinski definition) is 3. The Kier molecular flexibility index (Phi) is 5.35. The van der Waals surface area contributed by atoms with Gasteiger partial charge >= 0.3 is 0 Å². The Balaban J connectivity index is 1.26. The number of amides is 2. The lowest BCUT2D eigenvalue weighted by atomic mass is 9.49. The fraction of sp³-hybridized carbons (Fsp3) is 0.524. The molecule has 0 unspecified atom stereocenters. The van der Waals surface area contributed by atoms with Crippen LogP contribution < -0.4 is 10.6 Å². The van der Waals surface area contributed by atoms with Crippen LogP contribution in [0.25, 0.3) is 0 Å². The summed E-state index contributed by atoms with van der Waals surface area (Å²) in [6.07, 6.45) is 7.67. The van der Waals surface area contributed by atoms with E-state index in [4.69, 9.17) is 23.2 Å². The molecule has 10 heteroatoms. The van der Waals surface area contributed by atoms with Gasteiger partial charge in [-0.25, -0.2) is 9.97 Å². The van der Waals surface area contributed by atoms with Crippen molar-refractivity contribution in [2.75, 3.05) is 11.9 Å². The third kappa shape index (κ3) is 4.01. The second-order valence-corrected chi connectivity index (χ2v) is 10.8. The summed E-state index contributed by atoms with van der Waals surface area (Å²) in [5, 5.41) is 15.3. The molecule has 2 aromatic rings. The lowest BCUT2D eigenvalue weighted by Gasteiger charge is -2.56. The molecule has 2 amide bonds. The van der Waals surface area contributed by atoms with Gasteiger partial charge in [-0.15, -0.1) is 11.3 Å². The van der Waals surface area contributed by atoms with Gasteiger partial charge in [-0.05, 0) is 67.8 Å². The number of hydrogen-bond acceptors (Lipinski definition) is 6. The highest BCUT2D eigenvalue weighted by Gasteiger charge is 2.50. The number of aromatic nitrogens is 2. The quantitative estimate of drug-likeness (QED) is 0.535. The van der Waals surface area contributed by atoms with Crippen molar-refractivity contribution >= 4 is 51.4 Å². The molecule has 31 heavy (non-hydrogen) atoms. The third-order valence-corrected chi connectivity index (χ3v) is 8.23. The second kappa shape index (κ2) is 7.90. The van der Waals surface area contributed by atoms with Crippen molar-refractivity contribution in [2.45, 2.75) is 38.5 Å². The smallest absolute Gasteiger partial charge is 0.275 e. The van der Waals surface area contributed by atoms with Crippen LogP contribution in [0.4, 0.5) is 5.00 Å². The minimum absolute atomic E-state index is 0.0684. The maximum atomic E-state index is 12.9. The number of carbonyl (C=O) groups is 2. The molecular formula is C21H22Cl2N4O3S. The summed E-state index contributed by atoms with van der Waals surface area (Å²) < 4.78 is 0. The van der Waals surface area contributed by atoms with Gasteiger partial charge in [0.1, 0.15) is 10.7 Å². The summed E-state index contributed by atoms with van der Waals surface area (Å²) in [6.45, 7) is 0.658. The molecular weight excluding hydrogens is 459 g/mol. The minimum atomic E-state index is -0.594. The standard InChI is InChI=1S/C21H22Cl2N4O3S/c22-13-4-14(26-17(23)16(13)28)18(29)27-20-15(25-9-31-20)19(30)24-8-21-5-10-1-11(6-21)3-12(2-10)7-21/h4,9-12,28H,1-3,5-8H2,(H,24,30)(H,27,29). The van der Waals surface area contributed by atoms with Gasteiger partial charge in [0, 0.05) is 6.54 Å². The van der Waals surface area contributed by atoms with Gasteiger partial charge in [0.2, 0.25) is 0 Å². The predicted molar refractivity (Wildman–Crippen MR) is 119 cm³/mol. The molecule has 4 saturated carbocycles. The van der Waals surface area contributed by atoms with Crippen LogP contribution in [-0.2, 0) is 0 Å². The van der Waals surface area contributed by atoms with E-state index < -0.39 is 5.91 Å². The van der Waals surface area contributed by atoms with E-state index in [2.05, 4.69) is 20.6 Å². The van der Waals surface area contributed by atoms with E-state index in [0.29, 0.717) is 11.5 Å². The number of nitrogens with zero attached hydrogens (tertiary/aromatic N) is 2. The highest BCUT2D eigenvalue weighted by Crippen LogP contribution is 2.59. The Labute approximate surface area is 193 Å². The first-order valence-electron chi connectivity index (χ1n) is 10.4. The maximum Gasteiger partial charge on any atom is 0.275 e. The zero-order chi connectivity index (χ0) is 21.8. The number of thiazole rings is 1. The molecule has 164 valence electrons. The number of nitrogens with one attached hydrogen (secondary N) is 2. The van der Waals surface area contributed by atoms with Crippen LogP contribution in [0.5, 0.6) is 5.75 Å². The Morgan fingerprint density at radius 3 is 2.39 bits per heavy atom. The van der Waals surface area contributed by atoms with Crippen molar-refractivity contribution in [1.82, 2.24) is 15.3 Å². The fourth-order valence-corrected chi connectivity index (χ4v) is 7.22. The molecule has 4 aliphatic rings. The van der Waals surface area contributed by atoms with Gasteiger partial charge in [-0.1, -0.05) is 23.2 Å². The SMILES string of the molecule is O=C(Nc1scnc1C(=O)NCC12CC3CC(CC(C3)C1)C2)c1cc(Cl)c(O)c(Cl)n1. The number of aromatic hydroxyl groups is 1. The lowest BCUT2D eigenvalue weighted by molar-refractivity contribution is -0.0503. The number of rotatable bonds is 5. The molecule has 2 aromatic heterocycles. The summed E-state index contributed by atoms with van der Waals surface area (Å²) in [7, 11) is 0. The van der Waals surface area contributed by atoms with E-state index in [-0.39, 0.29) is 38.6 Å². The van der Waals surface area contributed by atoms with E-state index in [1.165, 1.54) is 50.1 Å². The van der Waals surface area contributed by atoms with Crippen LogP contribution in [0.2, 0.25) is 10.2 Å². The largest absolute Gasteiger partial charge is 0.504 e. The van der Waals surface area contributed by atoms with Crippen LogP contribution in [0.1, 0.15) is 59.5 Å². The highest BCUT2D eigenvalue weighted by molar-refractivity contribution is 7.14. The number of carbonyl (C=O) groups excluding carboxylic acids is 2. The Morgan fingerprint density at radius 2 is 1.77 bits per heavy atom. The molecule has 4 aliphatic carbocycles. The molecule has 6 rings (SSSR count). The van der Waals surface area contributed by atoms with Crippen LogP contribution in [-0.4, -0.2) is 33.4 Å². The summed E-state index contributed by atoms with van der Waals surface area (Å²) in [5.41, 5.74) is 1.84. The molecule has 0 saturated heterocycles. The average molecular weight is 481 g/mol. The van der Waals surface area contributed by atoms with Crippen molar-refractivity contribution in [3.8, 4) is 5.75 Å². The Hall–Kier alpha value is -1.90. The van der Waals surface area contributed by atoms with E-state index >= 15 is 0 Å². The predicted octanol–water partition coefficient (Wildman–Crippen LogP) is 4.75. The first-order chi connectivity index (χ1) is 14.8. The summed E-state index contributed by atoms with van der Waals surface area (Å²) in [6, 6.07) is 1.21. The van der Waals surface area contributed by atoms with E-state index in [0.717, 1.165) is 29.1 Å². The molecule has 3 N–H and O–H groups in total. The fourth-order valence-electron chi connectivity index (χ4n) is 6.12. The number of halogens is 2. The first kappa shape index (κ1) is 21.0. The van der Waals surface area contributed by atoms with Gasteiger partial charge in [0.15, 0.2) is 16.6 Å². The molecule has 4 bridgehead atoms. The molecule has 4 fully saturated rings.